The maximum atomic E-state index is 11.5. The molecule has 6 nitrogen and oxygen atoms in total. The van der Waals surface area contributed by atoms with Crippen LogP contribution in [-0.2, 0) is 31.9 Å². The van der Waals surface area contributed by atoms with Gasteiger partial charge in [-0.1, -0.05) is 80.9 Å². The number of ether oxygens (including phenoxy) is 2. The zero-order valence-corrected chi connectivity index (χ0v) is 26.6. The van der Waals surface area contributed by atoms with Crippen molar-refractivity contribution in [2.75, 3.05) is 0 Å². The van der Waals surface area contributed by atoms with Gasteiger partial charge in [0.1, 0.15) is 12.2 Å². The van der Waals surface area contributed by atoms with Crippen molar-refractivity contribution in [2.45, 2.75) is 115 Å². The van der Waals surface area contributed by atoms with E-state index in [1.165, 1.54) is 36.8 Å². The fourth-order valence-electron chi connectivity index (χ4n) is 8.31. The van der Waals surface area contributed by atoms with Crippen molar-refractivity contribution >= 4 is 11.9 Å². The normalized spacial score (nSPS) is 31.8. The number of esters is 2. The monoisotopic (exact) mass is 604 g/mol. The van der Waals surface area contributed by atoms with Crippen LogP contribution in [0.25, 0.3) is 0 Å². The summed E-state index contributed by atoms with van der Waals surface area (Å²) in [5.41, 5.74) is 2.68. The molecule has 240 valence electrons. The highest BCUT2D eigenvalue weighted by Gasteiger charge is 2.49. The Kier molecular flexibility index (Phi) is 11.5. The summed E-state index contributed by atoms with van der Waals surface area (Å²) in [6.45, 7) is 4.71. The molecule has 0 radical (unpaired) electrons. The third-order valence-corrected chi connectivity index (χ3v) is 10.9. The Morgan fingerprint density at radius 1 is 0.727 bits per heavy atom. The Bertz CT molecular complexity index is 1090. The summed E-state index contributed by atoms with van der Waals surface area (Å²) in [5.74, 6) is 2.78. The molecule has 2 saturated carbocycles. The predicted molar refractivity (Wildman–Crippen MR) is 171 cm³/mol. The van der Waals surface area contributed by atoms with Gasteiger partial charge in [-0.05, 0) is 86.2 Å². The Morgan fingerprint density at radius 2 is 1.25 bits per heavy atom. The topological polar surface area (TPSA) is 93.1 Å². The lowest BCUT2D eigenvalue weighted by Gasteiger charge is -2.22. The van der Waals surface area contributed by atoms with Crippen LogP contribution in [0.3, 0.4) is 0 Å². The number of aryl methyl sites for hydroxylation is 2. The van der Waals surface area contributed by atoms with Gasteiger partial charge in [0.25, 0.3) is 0 Å². The minimum absolute atomic E-state index is 0.0315. The smallest absolute Gasteiger partial charge is 0.306 e. The standard InChI is InChI=1S/C20H28O2.C18H24O4/c1-14(8-10-16-6-4-3-5-7-16)9-11-17-15(2)12-19-18(17)13-20(21)22-19;19-13(7-6-12-4-2-1-3-5-12)8-9-14-15-10-18(21)22-17(15)11-16(14)20/h3-7,14-15,17-19H,8-13H2,1-2H3;1-5,13-17,19-20H,6-11H2/t14-,15+,17-,18+,19-;13-,14+,15+,16+,17-/m00/s1. The Hall–Kier alpha value is -2.70. The molecule has 2 aliphatic heterocycles. The van der Waals surface area contributed by atoms with E-state index in [-0.39, 0.29) is 42.1 Å². The van der Waals surface area contributed by atoms with Gasteiger partial charge in [0.15, 0.2) is 0 Å². The van der Waals surface area contributed by atoms with E-state index in [0.717, 1.165) is 31.6 Å². The number of carbonyl (C=O) groups is 2. The van der Waals surface area contributed by atoms with Crippen molar-refractivity contribution in [3.8, 4) is 0 Å². The molecule has 44 heavy (non-hydrogen) atoms. The van der Waals surface area contributed by atoms with Gasteiger partial charge in [0.2, 0.25) is 0 Å². The lowest BCUT2D eigenvalue weighted by molar-refractivity contribution is -0.142. The van der Waals surface area contributed by atoms with Crippen molar-refractivity contribution in [1.29, 1.82) is 0 Å². The van der Waals surface area contributed by atoms with E-state index in [2.05, 4.69) is 56.3 Å². The predicted octanol–water partition coefficient (Wildman–Crippen LogP) is 6.70. The molecule has 2 N–H and O–H groups in total. The fraction of sp³-hybridized carbons (Fsp3) is 0.632. The lowest BCUT2D eigenvalue weighted by atomic mass is 9.82. The Labute approximate surface area is 263 Å². The molecular weight excluding hydrogens is 552 g/mol. The summed E-state index contributed by atoms with van der Waals surface area (Å²) in [6, 6.07) is 20.9. The number of benzene rings is 2. The van der Waals surface area contributed by atoms with E-state index in [1.54, 1.807) is 0 Å². The molecule has 4 aliphatic rings. The highest BCUT2D eigenvalue weighted by Crippen LogP contribution is 2.47. The minimum atomic E-state index is -0.399. The van der Waals surface area contributed by atoms with Crippen LogP contribution in [0.1, 0.15) is 89.2 Å². The van der Waals surface area contributed by atoms with E-state index in [4.69, 9.17) is 9.47 Å². The first-order valence-corrected chi connectivity index (χ1v) is 17.1. The summed E-state index contributed by atoms with van der Waals surface area (Å²) >= 11 is 0. The second kappa shape index (κ2) is 15.5. The molecule has 4 fully saturated rings. The summed E-state index contributed by atoms with van der Waals surface area (Å²) in [7, 11) is 0. The van der Waals surface area contributed by atoms with Crippen molar-refractivity contribution in [3.05, 3.63) is 71.8 Å². The lowest BCUT2D eigenvalue weighted by Crippen LogP contribution is -2.22. The van der Waals surface area contributed by atoms with Crippen LogP contribution >= 0.6 is 0 Å². The number of rotatable bonds is 12. The maximum absolute atomic E-state index is 11.5. The molecular formula is C38H52O6. The molecule has 2 aromatic carbocycles. The molecule has 2 aliphatic carbocycles. The van der Waals surface area contributed by atoms with E-state index in [0.29, 0.717) is 43.4 Å². The Balaban J connectivity index is 0.000000175. The molecule has 0 aromatic heterocycles. The van der Waals surface area contributed by atoms with E-state index in [1.807, 2.05) is 18.2 Å². The minimum Gasteiger partial charge on any atom is -0.462 e. The molecule has 2 heterocycles. The SMILES string of the molecule is C[C@@H](CCc1ccccc1)CC[C@@H]1[C@H]2CC(=O)O[C@H]2C[C@H]1C.O=C1C[C@@H]2[C@@H](CC[C@@H](O)CCc3ccccc3)[C@H](O)C[C@@H]2O1. The van der Waals surface area contributed by atoms with E-state index < -0.39 is 6.10 Å². The van der Waals surface area contributed by atoms with Crippen LogP contribution < -0.4 is 0 Å². The van der Waals surface area contributed by atoms with Crippen molar-refractivity contribution in [3.63, 3.8) is 0 Å². The largest absolute Gasteiger partial charge is 0.462 e. The summed E-state index contributed by atoms with van der Waals surface area (Å²) in [5, 5.41) is 20.3. The van der Waals surface area contributed by atoms with Crippen LogP contribution in [0.4, 0.5) is 0 Å². The van der Waals surface area contributed by atoms with Crippen LogP contribution in [0, 0.1) is 35.5 Å². The highest BCUT2D eigenvalue weighted by atomic mass is 16.6. The van der Waals surface area contributed by atoms with Crippen molar-refractivity contribution in [2.24, 2.45) is 35.5 Å². The number of carbonyl (C=O) groups excluding carboxylic acids is 2. The second-order valence-corrected chi connectivity index (χ2v) is 14.1. The van der Waals surface area contributed by atoms with Gasteiger partial charge in [-0.15, -0.1) is 0 Å². The molecule has 6 heteroatoms. The number of fused-ring (bicyclic) bond motifs is 2. The van der Waals surface area contributed by atoms with Gasteiger partial charge in [-0.2, -0.15) is 0 Å². The van der Waals surface area contributed by atoms with Crippen molar-refractivity contribution < 1.29 is 29.3 Å². The fourth-order valence-corrected chi connectivity index (χ4v) is 8.31. The maximum Gasteiger partial charge on any atom is 0.306 e. The zero-order valence-electron chi connectivity index (χ0n) is 26.6. The van der Waals surface area contributed by atoms with E-state index >= 15 is 0 Å². The summed E-state index contributed by atoms with van der Waals surface area (Å²) in [6.07, 6.45) is 10.1. The molecule has 6 rings (SSSR count). The molecule has 0 spiro atoms. The third-order valence-electron chi connectivity index (χ3n) is 10.9. The average Bonchev–Trinajstić information content (AvgIpc) is 3.72. The first-order valence-electron chi connectivity index (χ1n) is 17.1. The van der Waals surface area contributed by atoms with Gasteiger partial charge in [0, 0.05) is 18.3 Å². The first kappa shape index (κ1) is 32.7. The summed E-state index contributed by atoms with van der Waals surface area (Å²) < 4.78 is 10.7. The first-order chi connectivity index (χ1) is 21.3. The van der Waals surface area contributed by atoms with Gasteiger partial charge in [0.05, 0.1) is 25.0 Å². The molecule has 0 unspecified atom stereocenters. The van der Waals surface area contributed by atoms with Crippen LogP contribution in [0.15, 0.2) is 60.7 Å². The Morgan fingerprint density at radius 3 is 1.86 bits per heavy atom. The number of hydrogen-bond acceptors (Lipinski definition) is 6. The molecule has 10 atom stereocenters. The molecule has 0 bridgehead atoms. The van der Waals surface area contributed by atoms with Gasteiger partial charge >= 0.3 is 11.9 Å². The number of hydrogen-bond donors (Lipinski definition) is 2. The molecule has 2 saturated heterocycles. The zero-order chi connectivity index (χ0) is 31.1. The van der Waals surface area contributed by atoms with Gasteiger partial charge < -0.3 is 19.7 Å². The van der Waals surface area contributed by atoms with Crippen LogP contribution in [0.2, 0.25) is 0 Å². The average molecular weight is 605 g/mol. The van der Waals surface area contributed by atoms with Gasteiger partial charge in [-0.3, -0.25) is 9.59 Å². The quantitative estimate of drug-likeness (QED) is 0.262. The number of aliphatic hydroxyl groups excluding tert-OH is 2. The third kappa shape index (κ3) is 8.72. The molecule has 2 aromatic rings. The second-order valence-electron chi connectivity index (χ2n) is 14.1. The van der Waals surface area contributed by atoms with E-state index in [9.17, 15) is 19.8 Å². The van der Waals surface area contributed by atoms with Gasteiger partial charge in [-0.25, -0.2) is 0 Å². The summed E-state index contributed by atoms with van der Waals surface area (Å²) in [4.78, 5) is 22.8. The molecule has 0 amide bonds. The van der Waals surface area contributed by atoms with Crippen molar-refractivity contribution in [1.82, 2.24) is 0 Å². The highest BCUT2D eigenvalue weighted by molar-refractivity contribution is 5.72. The van der Waals surface area contributed by atoms with Crippen LogP contribution in [0.5, 0.6) is 0 Å². The van der Waals surface area contributed by atoms with Crippen LogP contribution in [-0.4, -0.2) is 46.6 Å². The number of aliphatic hydroxyl groups is 2.